The molecule has 68 valence electrons. The number of nitrogens with zero attached hydrogens (tertiary/aromatic N) is 1. The second-order valence-electron chi connectivity index (χ2n) is 4.55. The lowest BCUT2D eigenvalue weighted by Gasteiger charge is -2.52. The normalized spacial score (nSPS) is 40.7. The predicted octanol–water partition coefficient (Wildman–Crippen LogP) is 1.16. The molecule has 0 amide bonds. The topological polar surface area (TPSA) is 20.3 Å². The maximum Gasteiger partial charge on any atom is 0.130 e. The van der Waals surface area contributed by atoms with Crippen LogP contribution in [-0.2, 0) is 4.79 Å². The quantitative estimate of drug-likeness (QED) is 0.615. The number of hydrogen-bond acceptors (Lipinski definition) is 2. The van der Waals surface area contributed by atoms with Crippen LogP contribution in [-0.4, -0.2) is 30.8 Å². The summed E-state index contributed by atoms with van der Waals surface area (Å²) in [6.45, 7) is 4.15. The average molecular weight is 167 g/mol. The molecule has 0 aromatic carbocycles. The Balaban J connectivity index is 1.91. The van der Waals surface area contributed by atoms with E-state index in [4.69, 9.17) is 0 Å². The molecule has 2 nitrogen and oxygen atoms in total. The average Bonchev–Trinajstić information content (AvgIpc) is 2.00. The van der Waals surface area contributed by atoms with Gasteiger partial charge in [0.05, 0.1) is 0 Å². The van der Waals surface area contributed by atoms with E-state index in [0.29, 0.717) is 5.78 Å². The molecular formula is C10H17NO. The first-order chi connectivity index (χ1) is 5.66. The van der Waals surface area contributed by atoms with Crippen molar-refractivity contribution in [2.45, 2.75) is 19.8 Å². The zero-order chi connectivity index (χ0) is 8.72. The van der Waals surface area contributed by atoms with E-state index in [0.717, 1.165) is 24.2 Å². The van der Waals surface area contributed by atoms with Gasteiger partial charge in [-0.3, -0.25) is 0 Å². The van der Waals surface area contributed by atoms with Gasteiger partial charge in [0, 0.05) is 19.5 Å². The fourth-order valence-corrected chi connectivity index (χ4v) is 2.89. The van der Waals surface area contributed by atoms with Gasteiger partial charge in [0.15, 0.2) is 0 Å². The molecule has 1 saturated carbocycles. The van der Waals surface area contributed by atoms with Crippen molar-refractivity contribution in [2.75, 3.05) is 20.1 Å². The van der Waals surface area contributed by atoms with E-state index in [1.165, 1.54) is 19.5 Å². The number of piperidine rings is 2. The fourth-order valence-electron chi connectivity index (χ4n) is 2.89. The summed E-state index contributed by atoms with van der Waals surface area (Å²) < 4.78 is 0. The first-order valence-corrected chi connectivity index (χ1v) is 4.85. The number of Topliss-reactive ketones (excluding diaryl/α,β-unsaturated/α-hetero) is 1. The summed E-state index contributed by atoms with van der Waals surface area (Å²) in [5, 5.41) is 0. The summed E-state index contributed by atoms with van der Waals surface area (Å²) in [4.78, 5) is 13.3. The Morgan fingerprint density at radius 1 is 1.42 bits per heavy atom. The van der Waals surface area contributed by atoms with Crippen LogP contribution in [0.1, 0.15) is 19.8 Å². The minimum absolute atomic E-state index is 0.374. The Kier molecular flexibility index (Phi) is 1.95. The highest BCUT2D eigenvalue weighted by atomic mass is 16.1. The Hall–Kier alpha value is -0.370. The van der Waals surface area contributed by atoms with Crippen LogP contribution in [0.5, 0.6) is 0 Å². The highest BCUT2D eigenvalue weighted by Gasteiger charge is 2.45. The molecule has 3 fully saturated rings. The van der Waals surface area contributed by atoms with Crippen LogP contribution in [0.15, 0.2) is 0 Å². The van der Waals surface area contributed by atoms with Crippen LogP contribution in [0.3, 0.4) is 0 Å². The fraction of sp³-hybridized carbons (Fsp3) is 0.900. The molecule has 2 atom stereocenters. The van der Waals surface area contributed by atoms with E-state index in [9.17, 15) is 4.79 Å². The summed E-state index contributed by atoms with van der Waals surface area (Å²) in [7, 11) is 2.18. The Morgan fingerprint density at radius 2 is 2.00 bits per heavy atom. The highest BCUT2D eigenvalue weighted by Crippen LogP contribution is 2.46. The van der Waals surface area contributed by atoms with Gasteiger partial charge in [-0.05, 0) is 38.1 Å². The first kappa shape index (κ1) is 8.24. The molecule has 3 rings (SSSR count). The molecule has 2 heterocycles. The maximum atomic E-state index is 10.9. The number of ketones is 1. The summed E-state index contributed by atoms with van der Waals surface area (Å²) in [6.07, 6.45) is 2.21. The van der Waals surface area contributed by atoms with Crippen LogP contribution < -0.4 is 0 Å². The minimum Gasteiger partial charge on any atom is -0.306 e. The zero-order valence-electron chi connectivity index (χ0n) is 7.92. The van der Waals surface area contributed by atoms with Gasteiger partial charge in [0.1, 0.15) is 5.78 Å². The van der Waals surface area contributed by atoms with E-state index in [1.807, 2.05) is 0 Å². The van der Waals surface area contributed by atoms with Crippen LogP contribution in [0, 0.1) is 17.8 Å². The lowest BCUT2D eigenvalue weighted by atomic mass is 9.60. The second-order valence-corrected chi connectivity index (χ2v) is 4.55. The van der Waals surface area contributed by atoms with Crippen molar-refractivity contribution in [3.05, 3.63) is 0 Å². The minimum atomic E-state index is 0.374. The molecule has 12 heavy (non-hydrogen) atoms. The Bertz CT molecular complexity index is 190. The van der Waals surface area contributed by atoms with Crippen molar-refractivity contribution in [3.63, 3.8) is 0 Å². The molecular weight excluding hydrogens is 150 g/mol. The number of hydrogen-bond donors (Lipinski definition) is 0. The molecule has 2 saturated heterocycles. The van der Waals surface area contributed by atoms with E-state index in [1.54, 1.807) is 6.92 Å². The van der Waals surface area contributed by atoms with E-state index < -0.39 is 0 Å². The smallest absolute Gasteiger partial charge is 0.130 e. The Labute approximate surface area is 73.9 Å². The van der Waals surface area contributed by atoms with Gasteiger partial charge in [-0.2, -0.15) is 0 Å². The van der Waals surface area contributed by atoms with Crippen LogP contribution in [0.25, 0.3) is 0 Å². The van der Waals surface area contributed by atoms with Gasteiger partial charge in [-0.25, -0.2) is 0 Å². The highest BCUT2D eigenvalue weighted by molar-refractivity contribution is 5.75. The van der Waals surface area contributed by atoms with Gasteiger partial charge < -0.3 is 9.69 Å². The summed E-state index contributed by atoms with van der Waals surface area (Å²) in [6, 6.07) is 0. The summed E-state index contributed by atoms with van der Waals surface area (Å²) >= 11 is 0. The molecule has 0 aromatic heterocycles. The molecule has 0 radical (unpaired) electrons. The molecule has 1 aliphatic carbocycles. The molecule has 0 N–H and O–H groups in total. The third-order valence-corrected chi connectivity index (χ3v) is 3.43. The van der Waals surface area contributed by atoms with E-state index in [2.05, 4.69) is 11.9 Å². The van der Waals surface area contributed by atoms with Crippen LogP contribution in [0.2, 0.25) is 0 Å². The molecule has 2 aliphatic heterocycles. The predicted molar refractivity (Wildman–Crippen MR) is 47.9 cm³/mol. The monoisotopic (exact) mass is 167 g/mol. The van der Waals surface area contributed by atoms with Gasteiger partial charge >= 0.3 is 0 Å². The van der Waals surface area contributed by atoms with Crippen molar-refractivity contribution >= 4 is 5.78 Å². The molecule has 0 aromatic rings. The molecule has 2 heteroatoms. The number of carbonyl (C=O) groups is 1. The number of rotatable bonds is 2. The lowest BCUT2D eigenvalue weighted by molar-refractivity contribution is -0.123. The number of carbonyl (C=O) groups excluding carboxylic acids is 1. The first-order valence-electron chi connectivity index (χ1n) is 4.85. The lowest BCUT2D eigenvalue weighted by Crippen LogP contribution is -2.54. The standard InChI is InChI=1S/C10H17NO/c1-7(12)3-10-8-4-9(10)6-11(2)5-8/h8-10H,3-6H2,1-2H3. The molecule has 3 aliphatic rings. The van der Waals surface area contributed by atoms with Gasteiger partial charge in [-0.1, -0.05) is 0 Å². The third kappa shape index (κ3) is 1.28. The van der Waals surface area contributed by atoms with Crippen molar-refractivity contribution in [2.24, 2.45) is 17.8 Å². The van der Waals surface area contributed by atoms with Crippen molar-refractivity contribution in [3.8, 4) is 0 Å². The summed E-state index contributed by atoms with van der Waals surface area (Å²) in [5.41, 5.74) is 0. The van der Waals surface area contributed by atoms with Gasteiger partial charge in [0.2, 0.25) is 0 Å². The third-order valence-electron chi connectivity index (χ3n) is 3.43. The molecule has 0 spiro atoms. The largest absolute Gasteiger partial charge is 0.306 e. The van der Waals surface area contributed by atoms with Crippen molar-refractivity contribution in [1.82, 2.24) is 4.90 Å². The SMILES string of the molecule is CC(=O)CC1C2CC1CN(C)C2. The van der Waals surface area contributed by atoms with Crippen molar-refractivity contribution in [1.29, 1.82) is 0 Å². The second kappa shape index (κ2) is 2.84. The van der Waals surface area contributed by atoms with Gasteiger partial charge in [-0.15, -0.1) is 0 Å². The number of fused-ring (bicyclic) bond motifs is 2. The van der Waals surface area contributed by atoms with E-state index in [-0.39, 0.29) is 0 Å². The Morgan fingerprint density at radius 3 is 2.50 bits per heavy atom. The van der Waals surface area contributed by atoms with Crippen LogP contribution in [0.4, 0.5) is 0 Å². The van der Waals surface area contributed by atoms with Gasteiger partial charge in [0.25, 0.3) is 0 Å². The molecule has 2 unspecified atom stereocenters. The summed E-state index contributed by atoms with van der Waals surface area (Å²) in [5.74, 6) is 2.77. The molecule has 2 bridgehead atoms. The van der Waals surface area contributed by atoms with Crippen molar-refractivity contribution < 1.29 is 4.79 Å². The zero-order valence-corrected chi connectivity index (χ0v) is 7.92. The maximum absolute atomic E-state index is 10.9. The van der Waals surface area contributed by atoms with E-state index >= 15 is 0 Å². The van der Waals surface area contributed by atoms with Crippen LogP contribution >= 0.6 is 0 Å².